The summed E-state index contributed by atoms with van der Waals surface area (Å²) in [5, 5.41) is 3.85. The van der Waals surface area contributed by atoms with Crippen LogP contribution in [0, 0.1) is 5.41 Å². The molecular formula is C17H24ClNO2. The number of nitrogens with one attached hydrogen (secondary N) is 1. The Morgan fingerprint density at radius 1 is 1.33 bits per heavy atom. The molecule has 0 aliphatic carbocycles. The summed E-state index contributed by atoms with van der Waals surface area (Å²) in [6, 6.07) is 7.96. The molecule has 0 aromatic heterocycles. The zero-order valence-corrected chi connectivity index (χ0v) is 13.8. The number of hydrogen-bond donors (Lipinski definition) is 1. The van der Waals surface area contributed by atoms with Crippen LogP contribution < -0.4 is 5.32 Å². The van der Waals surface area contributed by atoms with E-state index < -0.39 is 0 Å². The summed E-state index contributed by atoms with van der Waals surface area (Å²) in [4.78, 5) is 12.2. The van der Waals surface area contributed by atoms with Crippen molar-refractivity contribution in [1.29, 1.82) is 0 Å². The molecule has 116 valence electrons. The highest BCUT2D eigenvalue weighted by Gasteiger charge is 2.36. The van der Waals surface area contributed by atoms with E-state index in [-0.39, 0.29) is 16.7 Å². The number of carbonyl (C=O) groups excluding carboxylic acids is 1. The summed E-state index contributed by atoms with van der Waals surface area (Å²) in [5.41, 5.74) is 0.734. The molecule has 0 bridgehead atoms. The second-order valence-corrected chi connectivity index (χ2v) is 7.27. The largest absolute Gasteiger partial charge is 0.381 e. The van der Waals surface area contributed by atoms with Gasteiger partial charge in [0, 0.05) is 35.6 Å². The Kier molecular flexibility index (Phi) is 4.95. The van der Waals surface area contributed by atoms with E-state index >= 15 is 0 Å². The van der Waals surface area contributed by atoms with Gasteiger partial charge in [0.15, 0.2) is 0 Å². The fourth-order valence-corrected chi connectivity index (χ4v) is 2.85. The molecule has 1 N–H and O–H groups in total. The van der Waals surface area contributed by atoms with E-state index in [2.05, 4.69) is 11.4 Å². The predicted molar refractivity (Wildman–Crippen MR) is 85.6 cm³/mol. The van der Waals surface area contributed by atoms with Crippen molar-refractivity contribution in [1.82, 2.24) is 5.32 Å². The lowest BCUT2D eigenvalue weighted by Crippen LogP contribution is -2.47. The maximum atomic E-state index is 12.2. The first-order chi connectivity index (χ1) is 9.83. The van der Waals surface area contributed by atoms with E-state index in [1.54, 1.807) is 0 Å². The highest BCUT2D eigenvalue weighted by Crippen LogP contribution is 2.35. The van der Waals surface area contributed by atoms with Gasteiger partial charge in [0.1, 0.15) is 0 Å². The van der Waals surface area contributed by atoms with Crippen LogP contribution in [0.2, 0.25) is 5.02 Å². The summed E-state index contributed by atoms with van der Waals surface area (Å²) in [6.07, 6.45) is 1.80. The summed E-state index contributed by atoms with van der Waals surface area (Å²) >= 11 is 6.14. The van der Waals surface area contributed by atoms with Crippen LogP contribution >= 0.6 is 11.6 Å². The van der Waals surface area contributed by atoms with Gasteiger partial charge >= 0.3 is 0 Å². The van der Waals surface area contributed by atoms with Crippen molar-refractivity contribution >= 4 is 17.5 Å². The third-order valence-corrected chi connectivity index (χ3v) is 4.39. The van der Waals surface area contributed by atoms with Crippen LogP contribution in [0.5, 0.6) is 0 Å². The molecule has 1 aliphatic heterocycles. The second-order valence-electron chi connectivity index (χ2n) is 6.84. The molecular weight excluding hydrogens is 286 g/mol. The predicted octanol–water partition coefficient (Wildman–Crippen LogP) is 3.55. The number of benzene rings is 1. The van der Waals surface area contributed by atoms with Gasteiger partial charge in [-0.15, -0.1) is 0 Å². The van der Waals surface area contributed by atoms with Gasteiger partial charge in [0.25, 0.3) is 0 Å². The molecule has 1 heterocycles. The fraction of sp³-hybridized carbons (Fsp3) is 0.588. The standard InChI is InChI=1S/C17H24ClNO2/c1-16(2,3)15(20)19-12-17(7-9-21-10-8-17)13-5-4-6-14(18)11-13/h4-6,11H,7-10,12H2,1-3H3,(H,19,20). The third kappa shape index (κ3) is 3.98. The molecule has 0 spiro atoms. The van der Waals surface area contributed by atoms with Crippen LogP contribution in [0.4, 0.5) is 0 Å². The highest BCUT2D eigenvalue weighted by molar-refractivity contribution is 6.30. The fourth-order valence-electron chi connectivity index (χ4n) is 2.66. The quantitative estimate of drug-likeness (QED) is 0.927. The van der Waals surface area contributed by atoms with E-state index in [4.69, 9.17) is 16.3 Å². The third-order valence-electron chi connectivity index (χ3n) is 4.16. The number of ether oxygens (including phenoxy) is 1. The minimum Gasteiger partial charge on any atom is -0.381 e. The Morgan fingerprint density at radius 3 is 2.57 bits per heavy atom. The van der Waals surface area contributed by atoms with Gasteiger partial charge in [-0.05, 0) is 30.5 Å². The normalized spacial score (nSPS) is 18.3. The Morgan fingerprint density at radius 2 is 2.00 bits per heavy atom. The van der Waals surface area contributed by atoms with Gasteiger partial charge < -0.3 is 10.1 Å². The lowest BCUT2D eigenvalue weighted by Gasteiger charge is -2.38. The zero-order valence-electron chi connectivity index (χ0n) is 13.0. The molecule has 0 unspecified atom stereocenters. The van der Waals surface area contributed by atoms with Gasteiger partial charge in [-0.1, -0.05) is 44.5 Å². The minimum absolute atomic E-state index is 0.0791. The minimum atomic E-state index is -0.374. The van der Waals surface area contributed by atoms with Crippen LogP contribution in [0.25, 0.3) is 0 Å². The zero-order chi connectivity index (χ0) is 15.5. The summed E-state index contributed by atoms with van der Waals surface area (Å²) in [5.74, 6) is 0.0791. The summed E-state index contributed by atoms with van der Waals surface area (Å²) in [7, 11) is 0. The first kappa shape index (κ1) is 16.3. The van der Waals surface area contributed by atoms with Gasteiger partial charge in [-0.25, -0.2) is 0 Å². The average molecular weight is 310 g/mol. The van der Waals surface area contributed by atoms with Gasteiger partial charge in [0.2, 0.25) is 5.91 Å². The van der Waals surface area contributed by atoms with Crippen LogP contribution in [-0.2, 0) is 14.9 Å². The average Bonchev–Trinajstić information content (AvgIpc) is 2.45. The SMILES string of the molecule is CC(C)(C)C(=O)NCC1(c2cccc(Cl)c2)CCOCC1. The molecule has 21 heavy (non-hydrogen) atoms. The Bertz CT molecular complexity index is 502. The van der Waals surface area contributed by atoms with E-state index in [0.717, 1.165) is 31.1 Å². The maximum absolute atomic E-state index is 12.2. The monoisotopic (exact) mass is 309 g/mol. The van der Waals surface area contributed by atoms with Crippen LogP contribution in [-0.4, -0.2) is 25.7 Å². The molecule has 0 atom stereocenters. The van der Waals surface area contributed by atoms with E-state index in [0.29, 0.717) is 6.54 Å². The topological polar surface area (TPSA) is 38.3 Å². The van der Waals surface area contributed by atoms with Gasteiger partial charge in [-0.2, -0.15) is 0 Å². The number of carbonyl (C=O) groups is 1. The summed E-state index contributed by atoms with van der Waals surface area (Å²) in [6.45, 7) is 7.86. The molecule has 3 nitrogen and oxygen atoms in total. The van der Waals surface area contributed by atoms with Crippen molar-refractivity contribution in [3.8, 4) is 0 Å². The maximum Gasteiger partial charge on any atom is 0.225 e. The molecule has 1 fully saturated rings. The van der Waals surface area contributed by atoms with Crippen LogP contribution in [0.1, 0.15) is 39.2 Å². The molecule has 4 heteroatoms. The Labute approximate surface area is 132 Å². The Balaban J connectivity index is 2.20. The Hall–Kier alpha value is -1.06. The molecule has 2 rings (SSSR count). The van der Waals surface area contributed by atoms with E-state index in [1.165, 1.54) is 5.56 Å². The van der Waals surface area contributed by atoms with Gasteiger partial charge in [-0.3, -0.25) is 4.79 Å². The first-order valence-corrected chi connectivity index (χ1v) is 7.83. The van der Waals surface area contributed by atoms with Crippen molar-refractivity contribution in [3.63, 3.8) is 0 Å². The highest BCUT2D eigenvalue weighted by atomic mass is 35.5. The van der Waals surface area contributed by atoms with Crippen molar-refractivity contribution in [3.05, 3.63) is 34.9 Å². The van der Waals surface area contributed by atoms with Crippen molar-refractivity contribution < 1.29 is 9.53 Å². The van der Waals surface area contributed by atoms with Crippen molar-refractivity contribution in [2.24, 2.45) is 5.41 Å². The lowest BCUT2D eigenvalue weighted by molar-refractivity contribution is -0.129. The van der Waals surface area contributed by atoms with E-state index in [9.17, 15) is 4.79 Å². The van der Waals surface area contributed by atoms with Gasteiger partial charge in [0.05, 0.1) is 0 Å². The molecule has 1 aromatic carbocycles. The molecule has 1 saturated heterocycles. The first-order valence-electron chi connectivity index (χ1n) is 7.46. The number of rotatable bonds is 3. The van der Waals surface area contributed by atoms with Crippen molar-refractivity contribution in [2.45, 2.75) is 39.0 Å². The molecule has 1 aromatic rings. The van der Waals surface area contributed by atoms with Crippen LogP contribution in [0.15, 0.2) is 24.3 Å². The second kappa shape index (κ2) is 6.37. The summed E-state index contributed by atoms with van der Waals surface area (Å²) < 4.78 is 5.50. The number of halogens is 1. The molecule has 0 saturated carbocycles. The smallest absolute Gasteiger partial charge is 0.225 e. The molecule has 1 amide bonds. The number of hydrogen-bond acceptors (Lipinski definition) is 2. The van der Waals surface area contributed by atoms with E-state index in [1.807, 2.05) is 39.0 Å². The van der Waals surface area contributed by atoms with Crippen LogP contribution in [0.3, 0.4) is 0 Å². The van der Waals surface area contributed by atoms with Crippen molar-refractivity contribution in [2.75, 3.05) is 19.8 Å². The number of amides is 1. The molecule has 0 radical (unpaired) electrons. The molecule has 1 aliphatic rings. The lowest BCUT2D eigenvalue weighted by atomic mass is 9.74.